The molecular weight excluding hydrogens is 202 g/mol. The van der Waals surface area contributed by atoms with Crippen LogP contribution in [0.2, 0.25) is 0 Å². The van der Waals surface area contributed by atoms with Crippen molar-refractivity contribution in [1.82, 2.24) is 4.98 Å². The molecule has 0 aliphatic rings. The van der Waals surface area contributed by atoms with Crippen molar-refractivity contribution in [2.75, 3.05) is 0 Å². The Morgan fingerprint density at radius 1 is 1.38 bits per heavy atom. The molecule has 0 atom stereocenters. The van der Waals surface area contributed by atoms with Crippen LogP contribution in [0.3, 0.4) is 0 Å². The van der Waals surface area contributed by atoms with E-state index >= 15 is 0 Å². The van der Waals surface area contributed by atoms with Crippen LogP contribution in [0.25, 0.3) is 10.9 Å². The molecule has 0 aliphatic heterocycles. The average Bonchev–Trinajstić information content (AvgIpc) is 2.27. The molecule has 82 valence electrons. The zero-order chi connectivity index (χ0) is 11.7. The van der Waals surface area contributed by atoms with Gasteiger partial charge in [0.05, 0.1) is 11.1 Å². The summed E-state index contributed by atoms with van der Waals surface area (Å²) in [5.41, 5.74) is 2.93. The number of pyridine rings is 1. The summed E-state index contributed by atoms with van der Waals surface area (Å²) in [6, 6.07) is 7.39. The Bertz CT molecular complexity index is 561. The maximum atomic E-state index is 11.1. The van der Waals surface area contributed by atoms with Crippen LogP contribution >= 0.6 is 0 Å². The molecule has 0 saturated heterocycles. The van der Waals surface area contributed by atoms with Gasteiger partial charge in [-0.25, -0.2) is 4.79 Å². The Labute approximate surface area is 93.7 Å². The molecule has 1 N–H and O–H groups in total. The maximum absolute atomic E-state index is 11.1. The zero-order valence-corrected chi connectivity index (χ0v) is 9.32. The van der Waals surface area contributed by atoms with E-state index in [0.29, 0.717) is 5.56 Å². The third-order valence-corrected chi connectivity index (χ3v) is 2.64. The SMILES string of the molecule is CCc1ccc2nc(C)cc(C(=O)O)c2c1. The molecule has 0 bridgehead atoms. The Morgan fingerprint density at radius 3 is 2.75 bits per heavy atom. The minimum absolute atomic E-state index is 0.331. The molecule has 1 aromatic carbocycles. The number of hydrogen-bond donors (Lipinski definition) is 1. The fourth-order valence-electron chi connectivity index (χ4n) is 1.80. The third-order valence-electron chi connectivity index (χ3n) is 2.64. The Morgan fingerprint density at radius 2 is 2.12 bits per heavy atom. The van der Waals surface area contributed by atoms with E-state index in [1.54, 1.807) is 13.0 Å². The normalized spacial score (nSPS) is 10.6. The number of benzene rings is 1. The molecule has 16 heavy (non-hydrogen) atoms. The average molecular weight is 215 g/mol. The summed E-state index contributed by atoms with van der Waals surface area (Å²) in [7, 11) is 0. The largest absolute Gasteiger partial charge is 0.478 e. The molecule has 0 spiro atoms. The summed E-state index contributed by atoms with van der Waals surface area (Å²) in [4.78, 5) is 15.5. The first kappa shape index (κ1) is 10.6. The van der Waals surface area contributed by atoms with Crippen molar-refractivity contribution in [2.24, 2.45) is 0 Å². The topological polar surface area (TPSA) is 50.2 Å². The standard InChI is InChI=1S/C13H13NO2/c1-3-9-4-5-12-10(7-9)11(13(15)16)6-8(2)14-12/h4-7H,3H2,1-2H3,(H,15,16). The molecule has 2 rings (SSSR count). The van der Waals surface area contributed by atoms with E-state index < -0.39 is 5.97 Å². The minimum Gasteiger partial charge on any atom is -0.478 e. The number of aryl methyl sites for hydroxylation is 2. The second-order valence-electron chi connectivity index (χ2n) is 3.82. The van der Waals surface area contributed by atoms with E-state index in [1.807, 2.05) is 25.1 Å². The lowest BCUT2D eigenvalue weighted by Crippen LogP contribution is -2.00. The van der Waals surface area contributed by atoms with Gasteiger partial charge in [0.25, 0.3) is 0 Å². The highest BCUT2D eigenvalue weighted by atomic mass is 16.4. The quantitative estimate of drug-likeness (QED) is 0.838. The first-order chi connectivity index (χ1) is 7.61. The molecule has 0 aliphatic carbocycles. The smallest absolute Gasteiger partial charge is 0.336 e. The van der Waals surface area contributed by atoms with Crippen LogP contribution in [0, 0.1) is 6.92 Å². The predicted molar refractivity (Wildman–Crippen MR) is 62.8 cm³/mol. The lowest BCUT2D eigenvalue weighted by Gasteiger charge is -2.05. The molecule has 3 nitrogen and oxygen atoms in total. The zero-order valence-electron chi connectivity index (χ0n) is 9.32. The van der Waals surface area contributed by atoms with Crippen molar-refractivity contribution >= 4 is 16.9 Å². The highest BCUT2D eigenvalue weighted by Gasteiger charge is 2.10. The number of aromatic carboxylic acids is 1. The van der Waals surface area contributed by atoms with E-state index in [-0.39, 0.29) is 0 Å². The highest BCUT2D eigenvalue weighted by molar-refractivity contribution is 6.02. The van der Waals surface area contributed by atoms with E-state index in [2.05, 4.69) is 4.98 Å². The summed E-state index contributed by atoms with van der Waals surface area (Å²) < 4.78 is 0. The molecule has 2 aromatic rings. The van der Waals surface area contributed by atoms with Crippen LogP contribution in [-0.4, -0.2) is 16.1 Å². The Hall–Kier alpha value is -1.90. The molecule has 0 fully saturated rings. The molecule has 0 saturated carbocycles. The van der Waals surface area contributed by atoms with E-state index in [4.69, 9.17) is 5.11 Å². The summed E-state index contributed by atoms with van der Waals surface area (Å²) in [5, 5.41) is 9.86. The van der Waals surface area contributed by atoms with Crippen LogP contribution in [-0.2, 0) is 6.42 Å². The van der Waals surface area contributed by atoms with Crippen LogP contribution in [0.4, 0.5) is 0 Å². The molecule has 1 heterocycles. The van der Waals surface area contributed by atoms with Crippen molar-refractivity contribution < 1.29 is 9.90 Å². The number of carboxylic acid groups (broad SMARTS) is 1. The van der Waals surface area contributed by atoms with Gasteiger partial charge in [0, 0.05) is 11.1 Å². The van der Waals surface area contributed by atoms with Crippen LogP contribution in [0.15, 0.2) is 24.3 Å². The molecular formula is C13H13NO2. The van der Waals surface area contributed by atoms with Gasteiger partial charge in [-0.05, 0) is 37.1 Å². The van der Waals surface area contributed by atoms with Crippen LogP contribution < -0.4 is 0 Å². The summed E-state index contributed by atoms with van der Waals surface area (Å²) >= 11 is 0. The van der Waals surface area contributed by atoms with Crippen molar-refractivity contribution in [2.45, 2.75) is 20.3 Å². The van der Waals surface area contributed by atoms with Crippen molar-refractivity contribution in [3.05, 3.63) is 41.1 Å². The minimum atomic E-state index is -0.899. The number of aromatic nitrogens is 1. The molecule has 0 amide bonds. The number of carbonyl (C=O) groups is 1. The fourth-order valence-corrected chi connectivity index (χ4v) is 1.80. The first-order valence-electron chi connectivity index (χ1n) is 5.25. The van der Waals surface area contributed by atoms with E-state index in [0.717, 1.165) is 28.6 Å². The molecule has 1 aromatic heterocycles. The fraction of sp³-hybridized carbons (Fsp3) is 0.231. The van der Waals surface area contributed by atoms with Crippen LogP contribution in [0.5, 0.6) is 0 Å². The molecule has 0 unspecified atom stereocenters. The second-order valence-corrected chi connectivity index (χ2v) is 3.82. The summed E-state index contributed by atoms with van der Waals surface area (Å²) in [6.45, 7) is 3.85. The van der Waals surface area contributed by atoms with Gasteiger partial charge in [0.15, 0.2) is 0 Å². The van der Waals surface area contributed by atoms with E-state index in [9.17, 15) is 4.79 Å². The van der Waals surface area contributed by atoms with Gasteiger partial charge in [-0.15, -0.1) is 0 Å². The second kappa shape index (κ2) is 3.93. The number of hydrogen-bond acceptors (Lipinski definition) is 2. The van der Waals surface area contributed by atoms with Gasteiger partial charge in [0.1, 0.15) is 0 Å². The van der Waals surface area contributed by atoms with Crippen molar-refractivity contribution in [1.29, 1.82) is 0 Å². The Kier molecular flexibility index (Phi) is 2.60. The van der Waals surface area contributed by atoms with Crippen molar-refractivity contribution in [3.63, 3.8) is 0 Å². The molecule has 3 heteroatoms. The van der Waals surface area contributed by atoms with Crippen LogP contribution in [0.1, 0.15) is 28.5 Å². The summed E-state index contributed by atoms with van der Waals surface area (Å²) in [6.07, 6.45) is 0.892. The number of fused-ring (bicyclic) bond motifs is 1. The predicted octanol–water partition coefficient (Wildman–Crippen LogP) is 2.80. The van der Waals surface area contributed by atoms with Gasteiger partial charge < -0.3 is 5.11 Å². The van der Waals surface area contributed by atoms with Gasteiger partial charge in [-0.3, -0.25) is 4.98 Å². The number of nitrogens with zero attached hydrogens (tertiary/aromatic N) is 1. The lowest BCUT2D eigenvalue weighted by atomic mass is 10.0. The third kappa shape index (κ3) is 1.76. The van der Waals surface area contributed by atoms with Gasteiger partial charge in [-0.1, -0.05) is 13.0 Å². The monoisotopic (exact) mass is 215 g/mol. The number of carboxylic acids is 1. The lowest BCUT2D eigenvalue weighted by molar-refractivity contribution is 0.0699. The maximum Gasteiger partial charge on any atom is 0.336 e. The Balaban J connectivity index is 2.80. The van der Waals surface area contributed by atoms with Gasteiger partial charge >= 0.3 is 5.97 Å². The summed E-state index contributed by atoms with van der Waals surface area (Å²) in [5.74, 6) is -0.899. The van der Waals surface area contributed by atoms with Gasteiger partial charge in [0.2, 0.25) is 0 Å². The number of rotatable bonds is 2. The first-order valence-corrected chi connectivity index (χ1v) is 5.25. The van der Waals surface area contributed by atoms with Crippen molar-refractivity contribution in [3.8, 4) is 0 Å². The highest BCUT2D eigenvalue weighted by Crippen LogP contribution is 2.20. The molecule has 0 radical (unpaired) electrons. The van der Waals surface area contributed by atoms with Gasteiger partial charge in [-0.2, -0.15) is 0 Å². The van der Waals surface area contributed by atoms with E-state index in [1.165, 1.54) is 0 Å².